The van der Waals surface area contributed by atoms with E-state index in [1.807, 2.05) is 12.1 Å². The third-order valence-corrected chi connectivity index (χ3v) is 2.36. The lowest BCUT2D eigenvalue weighted by Gasteiger charge is -2.15. The molecule has 0 aromatic heterocycles. The molecule has 1 aromatic rings. The number of rotatable bonds is 4. The molecule has 3 N–H and O–H groups in total. The van der Waals surface area contributed by atoms with Gasteiger partial charge in [-0.2, -0.15) is 0 Å². The predicted octanol–water partition coefficient (Wildman–Crippen LogP) is 1.85. The first kappa shape index (κ1) is 10.9. The van der Waals surface area contributed by atoms with Gasteiger partial charge in [-0.25, -0.2) is 0 Å². The van der Waals surface area contributed by atoms with E-state index in [0.717, 1.165) is 12.0 Å². The lowest BCUT2D eigenvalue weighted by atomic mass is 9.96. The molecule has 78 valence electrons. The van der Waals surface area contributed by atoms with Crippen LogP contribution in [0, 0.1) is 0 Å². The second kappa shape index (κ2) is 4.86. The monoisotopic (exact) mass is 195 g/mol. The van der Waals surface area contributed by atoms with Crippen LogP contribution in [0.15, 0.2) is 18.2 Å². The zero-order chi connectivity index (χ0) is 10.6. The van der Waals surface area contributed by atoms with Crippen molar-refractivity contribution in [2.75, 3.05) is 13.7 Å². The van der Waals surface area contributed by atoms with Crippen LogP contribution in [0.5, 0.6) is 11.5 Å². The number of nitrogens with two attached hydrogens (primary N) is 1. The first-order chi connectivity index (χ1) is 6.70. The lowest BCUT2D eigenvalue weighted by molar-refractivity contribution is 0.366. The Kier molecular flexibility index (Phi) is 3.77. The van der Waals surface area contributed by atoms with Gasteiger partial charge in [0.05, 0.1) is 7.11 Å². The summed E-state index contributed by atoms with van der Waals surface area (Å²) in [4.78, 5) is 0. The molecule has 0 amide bonds. The Hall–Kier alpha value is -1.22. The van der Waals surface area contributed by atoms with Crippen LogP contribution in [0.1, 0.15) is 24.8 Å². The highest BCUT2D eigenvalue weighted by molar-refractivity contribution is 5.47. The van der Waals surface area contributed by atoms with Crippen LogP contribution in [0.25, 0.3) is 0 Å². The molecular formula is C11H17NO2. The summed E-state index contributed by atoms with van der Waals surface area (Å²) in [5.41, 5.74) is 6.51. The van der Waals surface area contributed by atoms with Crippen molar-refractivity contribution in [2.45, 2.75) is 19.3 Å². The molecule has 0 bridgehead atoms. The summed E-state index contributed by atoms with van der Waals surface area (Å²) in [6, 6.07) is 5.40. The number of aromatic hydroxyl groups is 1. The summed E-state index contributed by atoms with van der Waals surface area (Å²) >= 11 is 0. The maximum Gasteiger partial charge on any atom is 0.163 e. The number of hydrogen-bond acceptors (Lipinski definition) is 3. The maximum absolute atomic E-state index is 9.55. The molecule has 1 rings (SSSR count). The third-order valence-electron chi connectivity index (χ3n) is 2.36. The number of benzene rings is 1. The highest BCUT2D eigenvalue weighted by atomic mass is 16.5. The molecule has 0 spiro atoms. The van der Waals surface area contributed by atoms with Gasteiger partial charge in [0, 0.05) is 5.56 Å². The number of hydrogen-bond donors (Lipinski definition) is 2. The second-order valence-electron chi connectivity index (χ2n) is 3.38. The molecule has 0 heterocycles. The van der Waals surface area contributed by atoms with Gasteiger partial charge in [0.1, 0.15) is 0 Å². The van der Waals surface area contributed by atoms with Crippen LogP contribution in [0.2, 0.25) is 0 Å². The number of phenols is 1. The molecule has 1 atom stereocenters. The first-order valence-corrected chi connectivity index (χ1v) is 4.76. The van der Waals surface area contributed by atoms with Crippen LogP contribution in [-0.4, -0.2) is 18.8 Å². The van der Waals surface area contributed by atoms with Gasteiger partial charge in [-0.3, -0.25) is 0 Å². The molecule has 0 aliphatic rings. The van der Waals surface area contributed by atoms with E-state index in [9.17, 15) is 5.11 Å². The Balaban J connectivity index is 3.00. The summed E-state index contributed by atoms with van der Waals surface area (Å²) < 4.78 is 5.15. The van der Waals surface area contributed by atoms with Crippen molar-refractivity contribution in [1.29, 1.82) is 0 Å². The largest absolute Gasteiger partial charge is 0.504 e. The minimum atomic E-state index is 0.189. The normalized spacial score (nSPS) is 12.5. The van der Waals surface area contributed by atoms with Crippen molar-refractivity contribution < 1.29 is 9.84 Å². The van der Waals surface area contributed by atoms with E-state index in [4.69, 9.17) is 10.5 Å². The lowest BCUT2D eigenvalue weighted by Crippen LogP contribution is -2.05. The van der Waals surface area contributed by atoms with Crippen molar-refractivity contribution in [1.82, 2.24) is 0 Å². The van der Waals surface area contributed by atoms with E-state index >= 15 is 0 Å². The van der Waals surface area contributed by atoms with Crippen molar-refractivity contribution in [3.63, 3.8) is 0 Å². The van der Waals surface area contributed by atoms with Crippen molar-refractivity contribution in [3.8, 4) is 11.5 Å². The summed E-state index contributed by atoms with van der Waals surface area (Å²) in [7, 11) is 1.56. The minimum Gasteiger partial charge on any atom is -0.504 e. The molecule has 0 saturated carbocycles. The fourth-order valence-electron chi connectivity index (χ4n) is 1.56. The van der Waals surface area contributed by atoms with Gasteiger partial charge in [-0.15, -0.1) is 0 Å². The van der Waals surface area contributed by atoms with E-state index in [1.54, 1.807) is 13.2 Å². The van der Waals surface area contributed by atoms with Crippen LogP contribution in [0.4, 0.5) is 0 Å². The van der Waals surface area contributed by atoms with E-state index in [0.29, 0.717) is 18.2 Å². The Bertz CT molecular complexity index is 299. The van der Waals surface area contributed by atoms with Gasteiger partial charge in [-0.1, -0.05) is 19.1 Å². The molecule has 3 heteroatoms. The Morgan fingerprint density at radius 3 is 2.79 bits per heavy atom. The summed E-state index contributed by atoms with van der Waals surface area (Å²) in [5.74, 6) is 1.06. The van der Waals surface area contributed by atoms with Gasteiger partial charge in [0.15, 0.2) is 11.5 Å². The molecule has 14 heavy (non-hydrogen) atoms. The van der Waals surface area contributed by atoms with Gasteiger partial charge in [0.2, 0.25) is 0 Å². The SMILES string of the molecule is COc1c(O)cccc1C(C)CCN. The molecule has 3 nitrogen and oxygen atoms in total. The Labute approximate surface area is 84.5 Å². The molecule has 0 radical (unpaired) electrons. The van der Waals surface area contributed by atoms with Crippen molar-refractivity contribution in [2.24, 2.45) is 5.73 Å². The smallest absolute Gasteiger partial charge is 0.163 e. The van der Waals surface area contributed by atoms with Gasteiger partial charge < -0.3 is 15.6 Å². The first-order valence-electron chi connectivity index (χ1n) is 4.76. The molecule has 1 aromatic carbocycles. The summed E-state index contributed by atoms with van der Waals surface area (Å²) in [6.07, 6.45) is 0.889. The predicted molar refractivity (Wildman–Crippen MR) is 56.7 cm³/mol. The molecule has 1 unspecified atom stereocenters. The van der Waals surface area contributed by atoms with Crippen LogP contribution >= 0.6 is 0 Å². The Morgan fingerprint density at radius 1 is 1.50 bits per heavy atom. The van der Waals surface area contributed by atoms with Crippen molar-refractivity contribution >= 4 is 0 Å². The van der Waals surface area contributed by atoms with E-state index in [-0.39, 0.29) is 5.75 Å². The topological polar surface area (TPSA) is 55.5 Å². The zero-order valence-electron chi connectivity index (χ0n) is 8.66. The molecule has 0 aliphatic carbocycles. The fraction of sp³-hybridized carbons (Fsp3) is 0.455. The zero-order valence-corrected chi connectivity index (χ0v) is 8.66. The second-order valence-corrected chi connectivity index (χ2v) is 3.38. The molecule has 0 saturated heterocycles. The Morgan fingerprint density at radius 2 is 2.21 bits per heavy atom. The number of phenolic OH excluding ortho intramolecular Hbond substituents is 1. The average Bonchev–Trinajstić information content (AvgIpc) is 2.17. The molecule has 0 aliphatic heterocycles. The maximum atomic E-state index is 9.55. The molecular weight excluding hydrogens is 178 g/mol. The van der Waals surface area contributed by atoms with Gasteiger partial charge >= 0.3 is 0 Å². The highest BCUT2D eigenvalue weighted by Crippen LogP contribution is 2.35. The standard InChI is InChI=1S/C11H17NO2/c1-8(6-7-12)9-4-3-5-10(13)11(9)14-2/h3-5,8,13H,6-7,12H2,1-2H3. The number of ether oxygens (including phenoxy) is 1. The minimum absolute atomic E-state index is 0.189. The summed E-state index contributed by atoms with van der Waals surface area (Å²) in [6.45, 7) is 2.71. The van der Waals surface area contributed by atoms with Crippen molar-refractivity contribution in [3.05, 3.63) is 23.8 Å². The van der Waals surface area contributed by atoms with Gasteiger partial charge in [-0.05, 0) is 24.9 Å². The van der Waals surface area contributed by atoms with Crippen LogP contribution in [-0.2, 0) is 0 Å². The third kappa shape index (κ3) is 2.17. The quantitative estimate of drug-likeness (QED) is 0.771. The van der Waals surface area contributed by atoms with Gasteiger partial charge in [0.25, 0.3) is 0 Å². The van der Waals surface area contributed by atoms with Crippen LogP contribution in [0.3, 0.4) is 0 Å². The van der Waals surface area contributed by atoms with Crippen LogP contribution < -0.4 is 10.5 Å². The fourth-order valence-corrected chi connectivity index (χ4v) is 1.56. The van der Waals surface area contributed by atoms with E-state index in [1.165, 1.54) is 0 Å². The van der Waals surface area contributed by atoms with E-state index < -0.39 is 0 Å². The highest BCUT2D eigenvalue weighted by Gasteiger charge is 2.13. The van der Waals surface area contributed by atoms with E-state index in [2.05, 4.69) is 6.92 Å². The number of methoxy groups -OCH3 is 1. The average molecular weight is 195 g/mol. The molecule has 0 fully saturated rings. The summed E-state index contributed by atoms with van der Waals surface area (Å²) in [5, 5.41) is 9.55. The number of para-hydroxylation sites is 1.